The summed E-state index contributed by atoms with van der Waals surface area (Å²) in [6, 6.07) is 5.34. The Hall–Kier alpha value is -2.17. The van der Waals surface area contributed by atoms with E-state index in [1.165, 1.54) is 12.1 Å². The van der Waals surface area contributed by atoms with Crippen LogP contribution in [0.15, 0.2) is 36.4 Å². The van der Waals surface area contributed by atoms with Crippen molar-refractivity contribution >= 4 is 11.9 Å². The van der Waals surface area contributed by atoms with Gasteiger partial charge in [-0.3, -0.25) is 4.79 Å². The summed E-state index contributed by atoms with van der Waals surface area (Å²) in [5.74, 6) is -1.99. The fraction of sp³-hybridized carbons (Fsp3) is 0.412. The molecule has 1 aromatic rings. The van der Waals surface area contributed by atoms with E-state index in [2.05, 4.69) is 5.32 Å². The number of rotatable bonds is 8. The third-order valence-corrected chi connectivity index (χ3v) is 3.42. The number of halogens is 1. The fourth-order valence-corrected chi connectivity index (χ4v) is 2.01. The number of amides is 1. The van der Waals surface area contributed by atoms with E-state index in [9.17, 15) is 14.0 Å². The van der Waals surface area contributed by atoms with Gasteiger partial charge in [-0.1, -0.05) is 31.2 Å². The number of benzene rings is 1. The Morgan fingerprint density at radius 3 is 2.73 bits per heavy atom. The summed E-state index contributed by atoms with van der Waals surface area (Å²) in [5.41, 5.74) is 0.823. The maximum absolute atomic E-state index is 13.1. The molecule has 0 aliphatic heterocycles. The van der Waals surface area contributed by atoms with E-state index in [0.29, 0.717) is 12.8 Å². The Labute approximate surface area is 130 Å². The van der Waals surface area contributed by atoms with Crippen molar-refractivity contribution in [2.75, 3.05) is 0 Å². The van der Waals surface area contributed by atoms with Crippen LogP contribution in [-0.4, -0.2) is 23.0 Å². The molecule has 0 aliphatic rings. The van der Waals surface area contributed by atoms with Crippen LogP contribution in [0.4, 0.5) is 4.39 Å². The van der Waals surface area contributed by atoms with Crippen LogP contribution < -0.4 is 5.32 Å². The summed E-state index contributed by atoms with van der Waals surface area (Å²) in [6.45, 7) is 3.53. The van der Waals surface area contributed by atoms with Crippen LogP contribution in [0, 0.1) is 11.7 Å². The fourth-order valence-electron chi connectivity index (χ4n) is 2.01. The van der Waals surface area contributed by atoms with Gasteiger partial charge in [-0.15, -0.1) is 0 Å². The predicted molar refractivity (Wildman–Crippen MR) is 82.9 cm³/mol. The van der Waals surface area contributed by atoms with E-state index in [1.54, 1.807) is 38.1 Å². The lowest BCUT2D eigenvalue weighted by Crippen LogP contribution is -2.42. The molecule has 0 spiro atoms. The van der Waals surface area contributed by atoms with Crippen molar-refractivity contribution in [1.82, 2.24) is 5.32 Å². The first kappa shape index (κ1) is 17.9. The summed E-state index contributed by atoms with van der Waals surface area (Å²) >= 11 is 0. The molecule has 2 N–H and O–H groups in total. The Morgan fingerprint density at radius 2 is 2.14 bits per heavy atom. The molecule has 1 amide bonds. The molecule has 4 nitrogen and oxygen atoms in total. The molecule has 0 bridgehead atoms. The van der Waals surface area contributed by atoms with Crippen molar-refractivity contribution in [3.63, 3.8) is 0 Å². The third kappa shape index (κ3) is 6.08. The maximum Gasteiger partial charge on any atom is 0.326 e. The zero-order chi connectivity index (χ0) is 16.5. The molecule has 0 aromatic heterocycles. The lowest BCUT2D eigenvalue weighted by atomic mass is 9.99. The Morgan fingerprint density at radius 1 is 1.41 bits per heavy atom. The smallest absolute Gasteiger partial charge is 0.326 e. The minimum absolute atomic E-state index is 0.258. The average Bonchev–Trinajstić information content (AvgIpc) is 2.48. The highest BCUT2D eigenvalue weighted by Crippen LogP contribution is 2.12. The monoisotopic (exact) mass is 307 g/mol. The normalized spacial score (nSPS) is 13.8. The minimum atomic E-state index is -1.05. The molecule has 120 valence electrons. The van der Waals surface area contributed by atoms with Crippen LogP contribution in [0.25, 0.3) is 0 Å². The summed E-state index contributed by atoms with van der Waals surface area (Å²) in [6.07, 6.45) is 4.81. The van der Waals surface area contributed by atoms with Gasteiger partial charge in [-0.25, -0.2) is 9.18 Å². The van der Waals surface area contributed by atoms with Crippen molar-refractivity contribution in [3.8, 4) is 0 Å². The summed E-state index contributed by atoms with van der Waals surface area (Å²) in [4.78, 5) is 23.1. The topological polar surface area (TPSA) is 66.4 Å². The Kier molecular flexibility index (Phi) is 7.29. The van der Waals surface area contributed by atoms with E-state index in [-0.39, 0.29) is 24.1 Å². The van der Waals surface area contributed by atoms with Gasteiger partial charge in [0.05, 0.1) is 0 Å². The SMILES string of the molecule is C/C=C/CC(NC(=O)C(C)CCc1cccc(F)c1)C(=O)O. The molecule has 0 fully saturated rings. The Bertz CT molecular complexity index is 542. The van der Waals surface area contributed by atoms with E-state index >= 15 is 0 Å². The highest BCUT2D eigenvalue weighted by atomic mass is 19.1. The van der Waals surface area contributed by atoms with Crippen LogP contribution in [-0.2, 0) is 16.0 Å². The molecule has 22 heavy (non-hydrogen) atoms. The number of carbonyl (C=O) groups excluding carboxylic acids is 1. The minimum Gasteiger partial charge on any atom is -0.480 e. The van der Waals surface area contributed by atoms with Gasteiger partial charge in [0.25, 0.3) is 0 Å². The number of carboxylic acids is 1. The van der Waals surface area contributed by atoms with Crippen LogP contribution >= 0.6 is 0 Å². The molecule has 5 heteroatoms. The summed E-state index contributed by atoms with van der Waals surface area (Å²) in [5, 5.41) is 11.6. The Balaban J connectivity index is 2.51. The second kappa shape index (κ2) is 8.97. The second-order valence-corrected chi connectivity index (χ2v) is 5.27. The zero-order valence-electron chi connectivity index (χ0n) is 12.9. The average molecular weight is 307 g/mol. The number of aryl methyl sites for hydroxylation is 1. The number of allylic oxidation sites excluding steroid dienone is 1. The molecular formula is C17H22FNO3. The van der Waals surface area contributed by atoms with Crippen molar-refractivity contribution in [2.24, 2.45) is 5.92 Å². The van der Waals surface area contributed by atoms with Crippen LogP contribution in [0.5, 0.6) is 0 Å². The van der Waals surface area contributed by atoms with Gasteiger partial charge in [0.2, 0.25) is 5.91 Å². The molecule has 1 aromatic carbocycles. The van der Waals surface area contributed by atoms with E-state index < -0.39 is 12.0 Å². The molecule has 0 aliphatic carbocycles. The zero-order valence-corrected chi connectivity index (χ0v) is 12.9. The number of carbonyl (C=O) groups is 2. The number of nitrogens with one attached hydrogen (secondary N) is 1. The third-order valence-electron chi connectivity index (χ3n) is 3.42. The number of hydrogen-bond donors (Lipinski definition) is 2. The first-order chi connectivity index (χ1) is 10.4. The van der Waals surface area contributed by atoms with Gasteiger partial charge in [0, 0.05) is 5.92 Å². The molecular weight excluding hydrogens is 285 g/mol. The van der Waals surface area contributed by atoms with E-state index in [0.717, 1.165) is 5.56 Å². The molecule has 0 saturated heterocycles. The quantitative estimate of drug-likeness (QED) is 0.726. The van der Waals surface area contributed by atoms with Gasteiger partial charge in [0.15, 0.2) is 0 Å². The highest BCUT2D eigenvalue weighted by Gasteiger charge is 2.21. The van der Waals surface area contributed by atoms with Crippen LogP contribution in [0.2, 0.25) is 0 Å². The molecule has 2 unspecified atom stereocenters. The molecule has 1 rings (SSSR count). The van der Waals surface area contributed by atoms with Crippen molar-refractivity contribution in [1.29, 1.82) is 0 Å². The van der Waals surface area contributed by atoms with Gasteiger partial charge >= 0.3 is 5.97 Å². The van der Waals surface area contributed by atoms with E-state index in [1.807, 2.05) is 0 Å². The van der Waals surface area contributed by atoms with Gasteiger partial charge in [0.1, 0.15) is 11.9 Å². The van der Waals surface area contributed by atoms with Crippen molar-refractivity contribution in [2.45, 2.75) is 39.2 Å². The van der Waals surface area contributed by atoms with Crippen LogP contribution in [0.3, 0.4) is 0 Å². The molecule has 0 heterocycles. The lowest BCUT2D eigenvalue weighted by Gasteiger charge is -2.16. The predicted octanol–water partition coefficient (Wildman–Crippen LogP) is 2.93. The highest BCUT2D eigenvalue weighted by molar-refractivity contribution is 5.84. The number of aliphatic carboxylic acids is 1. The van der Waals surface area contributed by atoms with Crippen molar-refractivity contribution in [3.05, 3.63) is 47.8 Å². The molecule has 2 atom stereocenters. The number of carboxylic acid groups (broad SMARTS) is 1. The van der Waals surface area contributed by atoms with Crippen molar-refractivity contribution < 1.29 is 19.1 Å². The summed E-state index contributed by atoms with van der Waals surface area (Å²) in [7, 11) is 0. The van der Waals surface area contributed by atoms with E-state index in [4.69, 9.17) is 5.11 Å². The van der Waals surface area contributed by atoms with Crippen LogP contribution in [0.1, 0.15) is 32.3 Å². The second-order valence-electron chi connectivity index (χ2n) is 5.27. The number of hydrogen-bond acceptors (Lipinski definition) is 2. The largest absolute Gasteiger partial charge is 0.480 e. The van der Waals surface area contributed by atoms with Gasteiger partial charge < -0.3 is 10.4 Å². The maximum atomic E-state index is 13.1. The van der Waals surface area contributed by atoms with Gasteiger partial charge in [-0.05, 0) is 43.9 Å². The summed E-state index contributed by atoms with van der Waals surface area (Å²) < 4.78 is 13.1. The standard InChI is InChI=1S/C17H22FNO3/c1-3-4-8-15(17(21)22)19-16(20)12(2)9-10-13-6-5-7-14(18)11-13/h3-7,11-12,15H,8-10H2,1-2H3,(H,19,20)(H,21,22)/b4-3+. The molecule has 0 radical (unpaired) electrons. The first-order valence-electron chi connectivity index (χ1n) is 7.32. The van der Waals surface area contributed by atoms with Gasteiger partial charge in [-0.2, -0.15) is 0 Å². The lowest BCUT2D eigenvalue weighted by molar-refractivity contribution is -0.142. The molecule has 0 saturated carbocycles. The first-order valence-corrected chi connectivity index (χ1v) is 7.32.